The van der Waals surface area contributed by atoms with Gasteiger partial charge in [-0.25, -0.2) is 0 Å². The molecule has 1 fully saturated rings. The maximum atomic E-state index is 12.0. The van der Waals surface area contributed by atoms with E-state index >= 15 is 0 Å². The van der Waals surface area contributed by atoms with Crippen LogP contribution in [-0.4, -0.2) is 23.3 Å². The first-order chi connectivity index (χ1) is 8.58. The highest BCUT2D eigenvalue weighted by Gasteiger charge is 2.20. The molecule has 0 bridgehead atoms. The number of nitro benzene ring substituents is 1. The first-order valence-corrected chi connectivity index (χ1v) is 6.09. The van der Waals surface area contributed by atoms with Crippen LogP contribution in [0, 0.1) is 17.0 Å². The summed E-state index contributed by atoms with van der Waals surface area (Å²) >= 11 is 0. The molecular formula is C13H16N2O3. The highest BCUT2D eigenvalue weighted by molar-refractivity contribution is 5.97. The number of carbonyl (C=O) groups is 1. The van der Waals surface area contributed by atoms with Gasteiger partial charge in [0, 0.05) is 29.7 Å². The van der Waals surface area contributed by atoms with Crippen LogP contribution in [0.1, 0.15) is 35.2 Å². The lowest BCUT2D eigenvalue weighted by Gasteiger charge is -2.09. The monoisotopic (exact) mass is 248 g/mol. The number of aryl methyl sites for hydroxylation is 1. The molecule has 1 unspecified atom stereocenters. The van der Waals surface area contributed by atoms with Crippen LogP contribution in [0.3, 0.4) is 0 Å². The van der Waals surface area contributed by atoms with Crippen molar-refractivity contribution in [1.29, 1.82) is 0 Å². The maximum Gasteiger partial charge on any atom is 0.273 e. The summed E-state index contributed by atoms with van der Waals surface area (Å²) in [6, 6.07) is 4.90. The molecule has 0 aliphatic carbocycles. The van der Waals surface area contributed by atoms with Gasteiger partial charge in [-0.1, -0.05) is 12.1 Å². The van der Waals surface area contributed by atoms with Crippen LogP contribution >= 0.6 is 0 Å². The molecule has 1 aromatic rings. The Hall–Kier alpha value is -1.75. The fourth-order valence-electron chi connectivity index (χ4n) is 2.25. The van der Waals surface area contributed by atoms with E-state index in [1.54, 1.807) is 19.1 Å². The van der Waals surface area contributed by atoms with Crippen LogP contribution in [-0.2, 0) is 0 Å². The van der Waals surface area contributed by atoms with Crippen molar-refractivity contribution in [1.82, 2.24) is 5.32 Å². The predicted molar refractivity (Wildman–Crippen MR) is 67.8 cm³/mol. The van der Waals surface area contributed by atoms with Crippen LogP contribution < -0.4 is 5.32 Å². The van der Waals surface area contributed by atoms with Gasteiger partial charge in [0.1, 0.15) is 0 Å². The number of nitrogens with zero attached hydrogens (tertiary/aromatic N) is 1. The molecule has 96 valence electrons. The smallest absolute Gasteiger partial charge is 0.273 e. The average Bonchev–Trinajstić information content (AvgIpc) is 2.81. The number of ketones is 1. The van der Waals surface area contributed by atoms with E-state index in [0.717, 1.165) is 19.4 Å². The molecule has 1 saturated heterocycles. The third kappa shape index (κ3) is 2.73. The van der Waals surface area contributed by atoms with E-state index in [0.29, 0.717) is 17.5 Å². The van der Waals surface area contributed by atoms with Gasteiger partial charge < -0.3 is 5.32 Å². The highest BCUT2D eigenvalue weighted by atomic mass is 16.6. The van der Waals surface area contributed by atoms with Crippen LogP contribution in [0.15, 0.2) is 18.2 Å². The summed E-state index contributed by atoms with van der Waals surface area (Å²) in [5.74, 6) is -0.0301. The number of Topliss-reactive ketones (excluding diaryl/α,β-unsaturated/α-hetero) is 1. The van der Waals surface area contributed by atoms with Crippen molar-refractivity contribution in [2.45, 2.75) is 32.2 Å². The van der Waals surface area contributed by atoms with Crippen LogP contribution in [0.25, 0.3) is 0 Å². The molecule has 0 spiro atoms. The number of nitrogens with one attached hydrogen (secondary N) is 1. The third-order valence-electron chi connectivity index (χ3n) is 3.32. The summed E-state index contributed by atoms with van der Waals surface area (Å²) < 4.78 is 0. The SMILES string of the molecule is Cc1ccc(C(=O)CC2CCCN2)cc1[N+](=O)[O-]. The molecule has 18 heavy (non-hydrogen) atoms. The number of rotatable bonds is 4. The summed E-state index contributed by atoms with van der Waals surface area (Å²) in [7, 11) is 0. The van der Waals surface area contributed by atoms with Gasteiger partial charge in [0.15, 0.2) is 5.78 Å². The van der Waals surface area contributed by atoms with Crippen molar-refractivity contribution in [3.8, 4) is 0 Å². The average molecular weight is 248 g/mol. The molecule has 0 amide bonds. The Morgan fingerprint density at radius 1 is 1.56 bits per heavy atom. The second-order valence-electron chi connectivity index (χ2n) is 4.68. The van der Waals surface area contributed by atoms with Crippen molar-refractivity contribution in [2.75, 3.05) is 6.54 Å². The van der Waals surface area contributed by atoms with E-state index in [4.69, 9.17) is 0 Å². The molecule has 5 heteroatoms. The van der Waals surface area contributed by atoms with E-state index in [1.807, 2.05) is 0 Å². The predicted octanol–water partition coefficient (Wildman–Crippen LogP) is 2.23. The fraction of sp³-hybridized carbons (Fsp3) is 0.462. The second kappa shape index (κ2) is 5.27. The Balaban J connectivity index is 2.14. The minimum absolute atomic E-state index is 0.0141. The van der Waals surface area contributed by atoms with Gasteiger partial charge in [-0.15, -0.1) is 0 Å². The number of benzene rings is 1. The molecular weight excluding hydrogens is 232 g/mol. The van der Waals surface area contributed by atoms with Gasteiger partial charge >= 0.3 is 0 Å². The Bertz CT molecular complexity index is 479. The summed E-state index contributed by atoms with van der Waals surface area (Å²) in [5.41, 5.74) is 1.02. The normalized spacial score (nSPS) is 18.8. The molecule has 1 heterocycles. The van der Waals surface area contributed by atoms with E-state index < -0.39 is 4.92 Å². The summed E-state index contributed by atoms with van der Waals surface area (Å²) in [6.45, 7) is 2.62. The largest absolute Gasteiger partial charge is 0.314 e. The Morgan fingerprint density at radius 3 is 2.94 bits per heavy atom. The second-order valence-corrected chi connectivity index (χ2v) is 4.68. The standard InChI is InChI=1S/C13H16N2O3/c1-9-4-5-10(7-12(9)15(17)18)13(16)8-11-3-2-6-14-11/h4-5,7,11,14H,2-3,6,8H2,1H3. The van der Waals surface area contributed by atoms with Crippen molar-refractivity contribution in [3.05, 3.63) is 39.4 Å². The maximum absolute atomic E-state index is 12.0. The first kappa shape index (κ1) is 12.7. The summed E-state index contributed by atoms with van der Waals surface area (Å²) in [4.78, 5) is 22.4. The summed E-state index contributed by atoms with van der Waals surface area (Å²) in [6.07, 6.45) is 2.51. The molecule has 0 aromatic heterocycles. The molecule has 1 aromatic carbocycles. The zero-order valence-electron chi connectivity index (χ0n) is 10.3. The van der Waals surface area contributed by atoms with E-state index in [1.165, 1.54) is 6.07 Å². The van der Waals surface area contributed by atoms with Gasteiger partial charge in [-0.2, -0.15) is 0 Å². The van der Waals surface area contributed by atoms with E-state index in [9.17, 15) is 14.9 Å². The molecule has 1 aliphatic rings. The van der Waals surface area contributed by atoms with Crippen molar-refractivity contribution in [2.24, 2.45) is 0 Å². The quantitative estimate of drug-likeness (QED) is 0.504. The van der Waals surface area contributed by atoms with Gasteiger partial charge in [0.25, 0.3) is 5.69 Å². The zero-order chi connectivity index (χ0) is 13.1. The molecule has 1 aliphatic heterocycles. The van der Waals surface area contributed by atoms with E-state index in [2.05, 4.69) is 5.32 Å². The van der Waals surface area contributed by atoms with Gasteiger partial charge in [0.2, 0.25) is 0 Å². The Morgan fingerprint density at radius 2 is 2.33 bits per heavy atom. The Kier molecular flexibility index (Phi) is 3.72. The van der Waals surface area contributed by atoms with Crippen molar-refractivity contribution < 1.29 is 9.72 Å². The first-order valence-electron chi connectivity index (χ1n) is 6.09. The molecule has 1 N–H and O–H groups in total. The minimum atomic E-state index is -0.445. The lowest BCUT2D eigenvalue weighted by Crippen LogP contribution is -2.24. The molecule has 0 saturated carbocycles. The number of hydrogen-bond acceptors (Lipinski definition) is 4. The molecule has 1 atom stereocenters. The van der Waals surface area contributed by atoms with Crippen LogP contribution in [0.4, 0.5) is 5.69 Å². The lowest BCUT2D eigenvalue weighted by atomic mass is 10.0. The van der Waals surface area contributed by atoms with E-state index in [-0.39, 0.29) is 17.5 Å². The van der Waals surface area contributed by atoms with Gasteiger partial charge in [0.05, 0.1) is 4.92 Å². The number of nitro groups is 1. The third-order valence-corrected chi connectivity index (χ3v) is 3.32. The number of carbonyl (C=O) groups excluding carboxylic acids is 1. The lowest BCUT2D eigenvalue weighted by molar-refractivity contribution is -0.385. The van der Waals surface area contributed by atoms with Crippen molar-refractivity contribution in [3.63, 3.8) is 0 Å². The fourth-order valence-corrected chi connectivity index (χ4v) is 2.25. The van der Waals surface area contributed by atoms with Crippen molar-refractivity contribution >= 4 is 11.5 Å². The topological polar surface area (TPSA) is 72.2 Å². The zero-order valence-corrected chi connectivity index (χ0v) is 10.3. The highest BCUT2D eigenvalue weighted by Crippen LogP contribution is 2.21. The Labute approximate surface area is 105 Å². The summed E-state index contributed by atoms with van der Waals surface area (Å²) in [5, 5.41) is 14.1. The minimum Gasteiger partial charge on any atom is -0.314 e. The van der Waals surface area contributed by atoms with Gasteiger partial charge in [-0.05, 0) is 26.3 Å². The van der Waals surface area contributed by atoms with Crippen LogP contribution in [0.2, 0.25) is 0 Å². The van der Waals surface area contributed by atoms with Gasteiger partial charge in [-0.3, -0.25) is 14.9 Å². The number of hydrogen-bond donors (Lipinski definition) is 1. The molecule has 2 rings (SSSR count). The molecule has 0 radical (unpaired) electrons. The molecule has 5 nitrogen and oxygen atoms in total. The van der Waals surface area contributed by atoms with Crippen LogP contribution in [0.5, 0.6) is 0 Å².